The number of nitrogens with one attached hydrogen (secondary N) is 2. The van der Waals surface area contributed by atoms with Crippen LogP contribution in [0.5, 0.6) is 0 Å². The monoisotopic (exact) mass is 339 g/mol. The Labute approximate surface area is 146 Å². The molecule has 7 heteroatoms. The lowest BCUT2D eigenvalue weighted by Gasteiger charge is -2.32. The van der Waals surface area contributed by atoms with E-state index in [-0.39, 0.29) is 18.0 Å². The molecule has 0 radical (unpaired) electrons. The van der Waals surface area contributed by atoms with Gasteiger partial charge in [0, 0.05) is 38.1 Å². The van der Waals surface area contributed by atoms with Gasteiger partial charge in [0.25, 0.3) is 5.91 Å². The van der Waals surface area contributed by atoms with Crippen LogP contribution in [0.4, 0.5) is 4.79 Å². The Morgan fingerprint density at radius 3 is 2.56 bits per heavy atom. The van der Waals surface area contributed by atoms with Crippen molar-refractivity contribution in [1.29, 1.82) is 0 Å². The van der Waals surface area contributed by atoms with Gasteiger partial charge in [-0.05, 0) is 18.4 Å². The molecule has 25 heavy (non-hydrogen) atoms. The first-order valence-electron chi connectivity index (χ1n) is 8.36. The summed E-state index contributed by atoms with van der Waals surface area (Å²) in [5, 5.41) is 5.83. The number of amides is 3. The molecule has 2 N–H and O–H groups in total. The fourth-order valence-electron chi connectivity index (χ4n) is 2.81. The molecule has 0 bridgehead atoms. The van der Waals surface area contributed by atoms with Crippen LogP contribution >= 0.6 is 0 Å². The van der Waals surface area contributed by atoms with Crippen LogP contribution in [0.2, 0.25) is 0 Å². The van der Waals surface area contributed by atoms with Gasteiger partial charge >= 0.3 is 6.03 Å². The summed E-state index contributed by atoms with van der Waals surface area (Å²) in [5.74, 6) is -0.111. The van der Waals surface area contributed by atoms with Gasteiger partial charge in [0.05, 0.1) is 6.20 Å². The third-order valence-corrected chi connectivity index (χ3v) is 4.20. The van der Waals surface area contributed by atoms with E-state index in [0.29, 0.717) is 25.3 Å². The highest BCUT2D eigenvalue weighted by Gasteiger charge is 2.25. The number of carbonyl (C=O) groups excluding carboxylic acids is 2. The van der Waals surface area contributed by atoms with Crippen molar-refractivity contribution >= 4 is 11.9 Å². The Morgan fingerprint density at radius 1 is 1.12 bits per heavy atom. The molecule has 1 aliphatic heterocycles. The molecule has 2 heterocycles. The van der Waals surface area contributed by atoms with Gasteiger partial charge in [-0.2, -0.15) is 0 Å². The average Bonchev–Trinajstić information content (AvgIpc) is 2.68. The standard InChI is InChI=1S/C18H21N5O2/c24-17(16-13-19-8-9-20-16)23-10-6-15(7-11-23)22-18(25)21-12-14-4-2-1-3-5-14/h1-5,8-9,13,15H,6-7,10-12H2,(H2,21,22,25). The van der Waals surface area contributed by atoms with Gasteiger partial charge in [0.1, 0.15) is 5.69 Å². The van der Waals surface area contributed by atoms with E-state index in [9.17, 15) is 9.59 Å². The summed E-state index contributed by atoms with van der Waals surface area (Å²) in [6.45, 7) is 1.69. The zero-order valence-electron chi connectivity index (χ0n) is 13.9. The van der Waals surface area contributed by atoms with Gasteiger partial charge in [-0.3, -0.25) is 9.78 Å². The Bertz CT molecular complexity index is 700. The number of rotatable bonds is 4. The molecule has 1 fully saturated rings. The van der Waals surface area contributed by atoms with Gasteiger partial charge in [-0.25, -0.2) is 9.78 Å². The van der Waals surface area contributed by atoms with Crippen LogP contribution in [0.1, 0.15) is 28.9 Å². The second-order valence-electron chi connectivity index (χ2n) is 5.97. The van der Waals surface area contributed by atoms with Crippen molar-refractivity contribution in [3.05, 3.63) is 60.2 Å². The van der Waals surface area contributed by atoms with Crippen LogP contribution in [0, 0.1) is 0 Å². The summed E-state index contributed by atoms with van der Waals surface area (Å²) >= 11 is 0. The fourth-order valence-corrected chi connectivity index (χ4v) is 2.81. The van der Waals surface area contributed by atoms with Crippen LogP contribution in [0.15, 0.2) is 48.9 Å². The molecule has 0 saturated carbocycles. The van der Waals surface area contributed by atoms with Crippen molar-refractivity contribution in [2.45, 2.75) is 25.4 Å². The smallest absolute Gasteiger partial charge is 0.315 e. The highest BCUT2D eigenvalue weighted by molar-refractivity contribution is 5.92. The molecule has 3 amide bonds. The summed E-state index contributed by atoms with van der Waals surface area (Å²) in [5.41, 5.74) is 1.41. The number of hydrogen-bond donors (Lipinski definition) is 2. The van der Waals surface area contributed by atoms with E-state index in [4.69, 9.17) is 0 Å². The van der Waals surface area contributed by atoms with Gasteiger partial charge in [0.15, 0.2) is 0 Å². The molecule has 1 aliphatic rings. The molecule has 0 atom stereocenters. The third-order valence-electron chi connectivity index (χ3n) is 4.20. The molecular weight excluding hydrogens is 318 g/mol. The molecule has 3 rings (SSSR count). The Balaban J connectivity index is 1.41. The summed E-state index contributed by atoms with van der Waals surface area (Å²) in [6, 6.07) is 9.66. The van der Waals surface area contributed by atoms with Crippen molar-refractivity contribution < 1.29 is 9.59 Å². The van der Waals surface area contributed by atoms with Crippen LogP contribution in [0.3, 0.4) is 0 Å². The molecule has 1 aromatic heterocycles. The third kappa shape index (κ3) is 4.76. The first kappa shape index (κ1) is 16.9. The number of likely N-dealkylation sites (tertiary alicyclic amines) is 1. The Morgan fingerprint density at radius 2 is 1.88 bits per heavy atom. The SMILES string of the molecule is O=C(NCc1ccccc1)NC1CCN(C(=O)c2cnccn2)CC1. The lowest BCUT2D eigenvalue weighted by Crippen LogP contribution is -2.49. The summed E-state index contributed by atoms with van der Waals surface area (Å²) in [6.07, 6.45) is 5.98. The summed E-state index contributed by atoms with van der Waals surface area (Å²) in [7, 11) is 0. The summed E-state index contributed by atoms with van der Waals surface area (Å²) < 4.78 is 0. The van der Waals surface area contributed by atoms with Crippen LogP contribution in [-0.2, 0) is 6.54 Å². The molecule has 7 nitrogen and oxygen atoms in total. The molecule has 130 valence electrons. The van der Waals surface area contributed by atoms with Crippen molar-refractivity contribution in [3.8, 4) is 0 Å². The van der Waals surface area contributed by atoms with Gasteiger partial charge < -0.3 is 15.5 Å². The van der Waals surface area contributed by atoms with Gasteiger partial charge in [-0.15, -0.1) is 0 Å². The lowest BCUT2D eigenvalue weighted by molar-refractivity contribution is 0.0702. The van der Waals surface area contributed by atoms with Gasteiger partial charge in [0.2, 0.25) is 0 Å². The fraction of sp³-hybridized carbons (Fsp3) is 0.333. The number of aromatic nitrogens is 2. The van der Waals surface area contributed by atoms with Crippen molar-refractivity contribution in [1.82, 2.24) is 25.5 Å². The topological polar surface area (TPSA) is 87.2 Å². The van der Waals surface area contributed by atoms with E-state index in [1.54, 1.807) is 11.1 Å². The minimum atomic E-state index is -0.178. The Kier molecular flexibility index (Phi) is 5.56. The van der Waals surface area contributed by atoms with Crippen LogP contribution < -0.4 is 10.6 Å². The molecule has 1 aromatic carbocycles. The van der Waals surface area contributed by atoms with E-state index in [2.05, 4.69) is 20.6 Å². The number of benzene rings is 1. The number of nitrogens with zero attached hydrogens (tertiary/aromatic N) is 3. The lowest BCUT2D eigenvalue weighted by atomic mass is 10.0. The van der Waals surface area contributed by atoms with Crippen LogP contribution in [-0.4, -0.2) is 45.9 Å². The Hall–Kier alpha value is -2.96. The zero-order chi connectivity index (χ0) is 17.5. The van der Waals surface area contributed by atoms with Gasteiger partial charge in [-0.1, -0.05) is 30.3 Å². The van der Waals surface area contributed by atoms with E-state index in [0.717, 1.165) is 18.4 Å². The minimum Gasteiger partial charge on any atom is -0.337 e. The largest absolute Gasteiger partial charge is 0.337 e. The zero-order valence-corrected chi connectivity index (χ0v) is 13.9. The first-order chi connectivity index (χ1) is 12.2. The molecule has 0 aliphatic carbocycles. The van der Waals surface area contributed by atoms with Crippen molar-refractivity contribution in [2.75, 3.05) is 13.1 Å². The number of carbonyl (C=O) groups is 2. The first-order valence-corrected chi connectivity index (χ1v) is 8.36. The van der Waals surface area contributed by atoms with E-state index in [1.807, 2.05) is 30.3 Å². The predicted molar refractivity (Wildman–Crippen MR) is 92.8 cm³/mol. The number of piperidine rings is 1. The highest BCUT2D eigenvalue weighted by Crippen LogP contribution is 2.12. The van der Waals surface area contributed by atoms with Crippen LogP contribution in [0.25, 0.3) is 0 Å². The molecule has 0 unspecified atom stereocenters. The molecular formula is C18H21N5O2. The second-order valence-corrected chi connectivity index (χ2v) is 5.97. The van der Waals surface area contributed by atoms with E-state index >= 15 is 0 Å². The normalized spacial score (nSPS) is 14.8. The van der Waals surface area contributed by atoms with Crippen molar-refractivity contribution in [3.63, 3.8) is 0 Å². The minimum absolute atomic E-state index is 0.0710. The number of hydrogen-bond acceptors (Lipinski definition) is 4. The quantitative estimate of drug-likeness (QED) is 0.885. The average molecular weight is 339 g/mol. The molecule has 2 aromatic rings. The maximum absolute atomic E-state index is 12.3. The van der Waals surface area contributed by atoms with E-state index < -0.39 is 0 Å². The maximum Gasteiger partial charge on any atom is 0.315 e. The highest BCUT2D eigenvalue weighted by atomic mass is 16.2. The van der Waals surface area contributed by atoms with Crippen molar-refractivity contribution in [2.24, 2.45) is 0 Å². The molecule has 1 saturated heterocycles. The van der Waals surface area contributed by atoms with E-state index in [1.165, 1.54) is 12.4 Å². The second kappa shape index (κ2) is 8.23. The summed E-state index contributed by atoms with van der Waals surface area (Å²) in [4.78, 5) is 34.0. The number of urea groups is 1. The maximum atomic E-state index is 12.3. The predicted octanol–water partition coefficient (Wildman–Crippen LogP) is 1.58. The molecule has 0 spiro atoms.